The number of thiocarbonyl (C=S) groups is 1. The summed E-state index contributed by atoms with van der Waals surface area (Å²) in [5.74, 6) is 0.777. The van der Waals surface area contributed by atoms with E-state index >= 15 is 0 Å². The van der Waals surface area contributed by atoms with Crippen LogP contribution in [0.3, 0.4) is 0 Å². The Kier molecular flexibility index (Phi) is 6.72. The summed E-state index contributed by atoms with van der Waals surface area (Å²) in [5.41, 5.74) is 1.93. The maximum atomic E-state index is 12.7. The number of hydrogen-bond acceptors (Lipinski definition) is 5. The largest absolute Gasteiger partial charge is 0.460 e. The lowest BCUT2D eigenvalue weighted by Gasteiger charge is -2.28. The average Bonchev–Trinajstić information content (AvgIpc) is 3.15. The molecule has 2 aromatic rings. The standard InChI is InChI=1S/C20H21ClN2O4S/c1-3-25-10-11-26-19(24)17-12(2)22-20(28)23-18(17)16-9-8-15(27-16)13-4-6-14(21)7-5-13/h4-9,18H,3,10-11H2,1-2H3,(H2,22,23,28). The van der Waals surface area contributed by atoms with Gasteiger partial charge in [0.2, 0.25) is 0 Å². The van der Waals surface area contributed by atoms with Crippen LogP contribution in [-0.2, 0) is 14.3 Å². The van der Waals surface area contributed by atoms with Gasteiger partial charge in [-0.25, -0.2) is 4.79 Å². The van der Waals surface area contributed by atoms with Crippen LogP contribution < -0.4 is 10.6 Å². The van der Waals surface area contributed by atoms with E-state index in [9.17, 15) is 4.79 Å². The van der Waals surface area contributed by atoms with Gasteiger partial charge in [-0.05, 0) is 62.5 Å². The highest BCUT2D eigenvalue weighted by Gasteiger charge is 2.33. The second-order valence-corrected chi connectivity index (χ2v) is 6.96. The van der Waals surface area contributed by atoms with Crippen molar-refractivity contribution in [2.75, 3.05) is 19.8 Å². The summed E-state index contributed by atoms with van der Waals surface area (Å²) in [6, 6.07) is 10.4. The highest BCUT2D eigenvalue weighted by Crippen LogP contribution is 2.32. The second kappa shape index (κ2) is 9.23. The van der Waals surface area contributed by atoms with Crippen LogP contribution in [0.2, 0.25) is 5.02 Å². The number of halogens is 1. The summed E-state index contributed by atoms with van der Waals surface area (Å²) < 4.78 is 16.6. The van der Waals surface area contributed by atoms with Crippen LogP contribution in [0.5, 0.6) is 0 Å². The monoisotopic (exact) mass is 420 g/mol. The molecule has 0 bridgehead atoms. The van der Waals surface area contributed by atoms with Gasteiger partial charge in [0, 0.05) is 22.9 Å². The first-order chi connectivity index (χ1) is 13.5. The van der Waals surface area contributed by atoms with Gasteiger partial charge in [-0.15, -0.1) is 0 Å². The molecule has 3 rings (SSSR count). The van der Waals surface area contributed by atoms with Gasteiger partial charge in [0.05, 0.1) is 12.2 Å². The molecule has 1 aliphatic rings. The Morgan fingerprint density at radius 1 is 1.21 bits per heavy atom. The molecule has 1 atom stereocenters. The fourth-order valence-corrected chi connectivity index (χ4v) is 3.27. The van der Waals surface area contributed by atoms with Crippen molar-refractivity contribution in [2.24, 2.45) is 0 Å². The molecular weight excluding hydrogens is 400 g/mol. The molecule has 0 spiro atoms. The van der Waals surface area contributed by atoms with E-state index in [0.29, 0.717) is 46.1 Å². The molecule has 0 amide bonds. The third-order valence-corrected chi connectivity index (χ3v) is 4.67. The number of ether oxygens (including phenoxy) is 2. The van der Waals surface area contributed by atoms with Crippen molar-refractivity contribution in [3.05, 3.63) is 58.5 Å². The molecule has 148 valence electrons. The van der Waals surface area contributed by atoms with E-state index in [1.54, 1.807) is 19.1 Å². The maximum Gasteiger partial charge on any atom is 0.338 e. The van der Waals surface area contributed by atoms with Gasteiger partial charge in [-0.1, -0.05) is 11.6 Å². The topological polar surface area (TPSA) is 72.7 Å². The number of benzene rings is 1. The van der Waals surface area contributed by atoms with Crippen LogP contribution in [0, 0.1) is 0 Å². The van der Waals surface area contributed by atoms with Crippen LogP contribution in [0.4, 0.5) is 0 Å². The first-order valence-corrected chi connectivity index (χ1v) is 9.67. The number of furan rings is 1. The molecule has 1 aromatic carbocycles. The zero-order valence-corrected chi connectivity index (χ0v) is 17.2. The maximum absolute atomic E-state index is 12.7. The quantitative estimate of drug-likeness (QED) is 0.399. The van der Waals surface area contributed by atoms with Crippen LogP contribution in [0.1, 0.15) is 25.6 Å². The minimum absolute atomic E-state index is 0.175. The molecule has 1 aliphatic heterocycles. The number of allylic oxidation sites excluding steroid dienone is 1. The van der Waals surface area contributed by atoms with E-state index in [4.69, 9.17) is 37.7 Å². The first kappa shape index (κ1) is 20.4. The van der Waals surface area contributed by atoms with Crippen LogP contribution >= 0.6 is 23.8 Å². The molecule has 8 heteroatoms. The fraction of sp³-hybridized carbons (Fsp3) is 0.300. The van der Waals surface area contributed by atoms with Crippen molar-refractivity contribution >= 4 is 34.9 Å². The SMILES string of the molecule is CCOCCOC(=O)C1=C(C)NC(=S)NC1c1ccc(-c2ccc(Cl)cc2)o1. The molecule has 0 saturated carbocycles. The Bertz CT molecular complexity index is 892. The van der Waals surface area contributed by atoms with E-state index in [2.05, 4.69) is 10.6 Å². The summed E-state index contributed by atoms with van der Waals surface area (Å²) in [4.78, 5) is 12.7. The summed E-state index contributed by atoms with van der Waals surface area (Å²) in [6.07, 6.45) is 0. The van der Waals surface area contributed by atoms with Crippen molar-refractivity contribution in [3.8, 4) is 11.3 Å². The van der Waals surface area contributed by atoms with Crippen molar-refractivity contribution in [3.63, 3.8) is 0 Å². The highest BCUT2D eigenvalue weighted by atomic mass is 35.5. The van der Waals surface area contributed by atoms with Gasteiger partial charge in [0.15, 0.2) is 5.11 Å². The lowest BCUT2D eigenvalue weighted by molar-refractivity contribution is -0.141. The minimum atomic E-state index is -0.547. The number of nitrogens with one attached hydrogen (secondary N) is 2. The third-order valence-electron chi connectivity index (χ3n) is 4.19. The molecule has 0 aliphatic carbocycles. The van der Waals surface area contributed by atoms with Gasteiger partial charge in [-0.3, -0.25) is 0 Å². The smallest absolute Gasteiger partial charge is 0.338 e. The van der Waals surface area contributed by atoms with Gasteiger partial charge < -0.3 is 24.5 Å². The molecule has 2 N–H and O–H groups in total. The normalized spacial score (nSPS) is 16.5. The summed E-state index contributed by atoms with van der Waals surface area (Å²) in [7, 11) is 0. The van der Waals surface area contributed by atoms with Gasteiger partial charge in [0.1, 0.15) is 24.2 Å². The van der Waals surface area contributed by atoms with Crippen molar-refractivity contribution in [2.45, 2.75) is 19.9 Å². The Morgan fingerprint density at radius 3 is 2.68 bits per heavy atom. The highest BCUT2D eigenvalue weighted by molar-refractivity contribution is 7.80. The lowest BCUT2D eigenvalue weighted by Crippen LogP contribution is -2.45. The van der Waals surface area contributed by atoms with E-state index in [-0.39, 0.29) is 6.61 Å². The predicted molar refractivity (Wildman–Crippen MR) is 111 cm³/mol. The van der Waals surface area contributed by atoms with Crippen LogP contribution in [0.25, 0.3) is 11.3 Å². The molecule has 6 nitrogen and oxygen atoms in total. The van der Waals surface area contributed by atoms with E-state index in [1.165, 1.54) is 0 Å². The van der Waals surface area contributed by atoms with Crippen molar-refractivity contribution in [1.29, 1.82) is 0 Å². The van der Waals surface area contributed by atoms with Crippen LogP contribution in [0.15, 0.2) is 52.1 Å². The van der Waals surface area contributed by atoms with Gasteiger partial charge in [0.25, 0.3) is 0 Å². The number of rotatable bonds is 7. The Hall–Kier alpha value is -2.35. The molecule has 2 heterocycles. The van der Waals surface area contributed by atoms with Crippen molar-refractivity contribution < 1.29 is 18.7 Å². The molecular formula is C20H21ClN2O4S. The number of hydrogen-bond donors (Lipinski definition) is 2. The Morgan fingerprint density at radius 2 is 1.96 bits per heavy atom. The minimum Gasteiger partial charge on any atom is -0.460 e. The summed E-state index contributed by atoms with van der Waals surface area (Å²) in [6.45, 7) is 4.76. The number of carbonyl (C=O) groups excluding carboxylic acids is 1. The number of esters is 1. The summed E-state index contributed by atoms with van der Waals surface area (Å²) in [5, 5.41) is 7.12. The molecule has 1 unspecified atom stereocenters. The number of carbonyl (C=O) groups is 1. The van der Waals surface area contributed by atoms with E-state index in [0.717, 1.165) is 5.56 Å². The lowest BCUT2D eigenvalue weighted by atomic mass is 10.0. The molecule has 1 aromatic heterocycles. The van der Waals surface area contributed by atoms with E-state index in [1.807, 2.05) is 31.2 Å². The third kappa shape index (κ3) is 4.73. The Balaban J connectivity index is 1.84. The summed E-state index contributed by atoms with van der Waals surface area (Å²) >= 11 is 11.2. The predicted octanol–water partition coefficient (Wildman–Crippen LogP) is 3.97. The van der Waals surface area contributed by atoms with Crippen LogP contribution in [-0.4, -0.2) is 30.9 Å². The average molecular weight is 421 g/mol. The Labute approximate surface area is 173 Å². The molecule has 0 saturated heterocycles. The molecule has 28 heavy (non-hydrogen) atoms. The second-order valence-electron chi connectivity index (χ2n) is 6.11. The molecule has 0 radical (unpaired) electrons. The molecule has 0 fully saturated rings. The van der Waals surface area contributed by atoms with Crippen molar-refractivity contribution in [1.82, 2.24) is 10.6 Å². The zero-order valence-electron chi connectivity index (χ0n) is 15.6. The fourth-order valence-electron chi connectivity index (χ4n) is 2.87. The first-order valence-electron chi connectivity index (χ1n) is 8.88. The van der Waals surface area contributed by atoms with E-state index < -0.39 is 12.0 Å². The zero-order chi connectivity index (χ0) is 20.1. The van der Waals surface area contributed by atoms with Gasteiger partial charge in [-0.2, -0.15) is 0 Å². The van der Waals surface area contributed by atoms with Gasteiger partial charge >= 0.3 is 5.97 Å².